The number of ether oxygens (including phenoxy) is 1. The van der Waals surface area contributed by atoms with Crippen molar-refractivity contribution in [2.24, 2.45) is 0 Å². The lowest BCUT2D eigenvalue weighted by Crippen LogP contribution is -2.18. The number of hydrogen-bond donors (Lipinski definition) is 2. The molecule has 1 aliphatic carbocycles. The summed E-state index contributed by atoms with van der Waals surface area (Å²) in [7, 11) is 0. The number of anilines is 2. The highest BCUT2D eigenvalue weighted by Crippen LogP contribution is 2.44. The molecule has 1 amide bonds. The molecule has 3 N–H and O–H groups in total. The quantitative estimate of drug-likeness (QED) is 0.662. The molecule has 4 heteroatoms. The van der Waals surface area contributed by atoms with E-state index in [2.05, 4.69) is 29.6 Å². The summed E-state index contributed by atoms with van der Waals surface area (Å²) >= 11 is 0. The Morgan fingerprint density at radius 2 is 1.58 bits per heavy atom. The van der Waals surface area contributed by atoms with Crippen molar-refractivity contribution in [3.63, 3.8) is 0 Å². The molecule has 4 rings (SSSR count). The van der Waals surface area contributed by atoms with Gasteiger partial charge in [-0.25, -0.2) is 4.79 Å². The number of benzene rings is 3. The minimum absolute atomic E-state index is 0.0445. The first kappa shape index (κ1) is 16.2. The first-order valence-electron chi connectivity index (χ1n) is 8.62. The third-order valence-corrected chi connectivity index (χ3v) is 4.90. The van der Waals surface area contributed by atoms with Gasteiger partial charge < -0.3 is 10.5 Å². The molecule has 0 aliphatic heterocycles. The molecular formula is C22H20N2O2. The van der Waals surface area contributed by atoms with Gasteiger partial charge in [0.2, 0.25) is 0 Å². The van der Waals surface area contributed by atoms with Crippen molar-refractivity contribution in [2.45, 2.75) is 12.8 Å². The Hall–Kier alpha value is -3.27. The summed E-state index contributed by atoms with van der Waals surface area (Å²) in [6.45, 7) is 2.18. The molecule has 0 saturated heterocycles. The van der Waals surface area contributed by atoms with Gasteiger partial charge in [0.25, 0.3) is 0 Å². The van der Waals surface area contributed by atoms with Gasteiger partial charge in [-0.2, -0.15) is 0 Å². The van der Waals surface area contributed by atoms with E-state index in [1.54, 1.807) is 6.07 Å². The van der Waals surface area contributed by atoms with Gasteiger partial charge in [0.05, 0.1) is 11.4 Å². The zero-order valence-corrected chi connectivity index (χ0v) is 14.5. The topological polar surface area (TPSA) is 64.3 Å². The Kier molecular flexibility index (Phi) is 4.09. The molecule has 0 heterocycles. The van der Waals surface area contributed by atoms with E-state index in [4.69, 9.17) is 10.5 Å². The lowest BCUT2D eigenvalue weighted by Gasteiger charge is -2.15. The number of nitrogen functional groups attached to an aromatic ring is 1. The number of fused-ring (bicyclic) bond motifs is 3. The number of amides is 1. The molecule has 0 unspecified atom stereocenters. The summed E-state index contributed by atoms with van der Waals surface area (Å²) in [4.78, 5) is 12.3. The van der Waals surface area contributed by atoms with Crippen molar-refractivity contribution in [2.75, 3.05) is 17.7 Å². The molecule has 0 fully saturated rings. The lowest BCUT2D eigenvalue weighted by atomic mass is 9.98. The van der Waals surface area contributed by atoms with Crippen LogP contribution in [-0.4, -0.2) is 12.7 Å². The molecule has 0 radical (unpaired) electrons. The van der Waals surface area contributed by atoms with E-state index in [1.165, 1.54) is 22.3 Å². The van der Waals surface area contributed by atoms with Gasteiger partial charge in [0.15, 0.2) is 0 Å². The molecule has 26 heavy (non-hydrogen) atoms. The number of rotatable bonds is 3. The fourth-order valence-corrected chi connectivity index (χ4v) is 3.53. The molecule has 1 aliphatic rings. The predicted octanol–water partition coefficient (Wildman–Crippen LogP) is 4.94. The van der Waals surface area contributed by atoms with E-state index in [1.807, 2.05) is 43.3 Å². The molecule has 3 aromatic rings. The van der Waals surface area contributed by atoms with E-state index in [0.717, 1.165) is 5.56 Å². The molecule has 0 atom stereocenters. The summed E-state index contributed by atoms with van der Waals surface area (Å²) in [6, 6.07) is 22.0. The number of carbonyl (C=O) groups excluding carboxylic acids is 1. The maximum absolute atomic E-state index is 12.3. The van der Waals surface area contributed by atoms with Crippen molar-refractivity contribution in [1.82, 2.24) is 0 Å². The van der Waals surface area contributed by atoms with Gasteiger partial charge in [0.1, 0.15) is 6.61 Å². The second-order valence-electron chi connectivity index (χ2n) is 6.49. The number of nitrogens with two attached hydrogens (primary N) is 1. The number of hydrogen-bond acceptors (Lipinski definition) is 3. The Balaban J connectivity index is 1.51. The molecule has 4 nitrogen and oxygen atoms in total. The average molecular weight is 344 g/mol. The standard InChI is InChI=1S/C22H20N2O2/c1-14-7-6-12-20(21(14)23)24-22(25)26-13-19-17-10-4-2-8-15(17)16-9-3-5-11-18(16)19/h2-12,19H,13,23H2,1H3,(H,24,25). The Labute approximate surface area is 152 Å². The zero-order valence-electron chi connectivity index (χ0n) is 14.5. The molecule has 0 saturated carbocycles. The van der Waals surface area contributed by atoms with Crippen LogP contribution < -0.4 is 11.1 Å². The maximum Gasteiger partial charge on any atom is 0.411 e. The second kappa shape index (κ2) is 6.56. The van der Waals surface area contributed by atoms with Gasteiger partial charge in [0, 0.05) is 5.92 Å². The highest BCUT2D eigenvalue weighted by Gasteiger charge is 2.29. The Morgan fingerprint density at radius 1 is 0.962 bits per heavy atom. The van der Waals surface area contributed by atoms with Gasteiger partial charge in [-0.3, -0.25) is 5.32 Å². The minimum atomic E-state index is -0.496. The molecule has 0 aromatic heterocycles. The van der Waals surface area contributed by atoms with Gasteiger partial charge in [-0.15, -0.1) is 0 Å². The fraction of sp³-hybridized carbons (Fsp3) is 0.136. The van der Waals surface area contributed by atoms with Crippen LogP contribution in [0.1, 0.15) is 22.6 Å². The summed E-state index contributed by atoms with van der Waals surface area (Å²) in [5, 5.41) is 2.74. The van der Waals surface area contributed by atoms with E-state index in [-0.39, 0.29) is 12.5 Å². The van der Waals surface area contributed by atoms with Crippen LogP contribution in [0.2, 0.25) is 0 Å². The first-order chi connectivity index (χ1) is 12.6. The van der Waals surface area contributed by atoms with E-state index in [9.17, 15) is 4.79 Å². The van der Waals surface area contributed by atoms with Gasteiger partial charge in [-0.05, 0) is 40.8 Å². The molecule has 0 bridgehead atoms. The van der Waals surface area contributed by atoms with Crippen molar-refractivity contribution >= 4 is 17.5 Å². The maximum atomic E-state index is 12.3. The number of nitrogens with one attached hydrogen (secondary N) is 1. The van der Waals surface area contributed by atoms with Crippen LogP contribution in [0.25, 0.3) is 11.1 Å². The summed E-state index contributed by atoms with van der Waals surface area (Å²) in [6.07, 6.45) is -0.496. The second-order valence-corrected chi connectivity index (χ2v) is 6.49. The van der Waals surface area contributed by atoms with Crippen LogP contribution in [0, 0.1) is 6.92 Å². The number of para-hydroxylation sites is 1. The Morgan fingerprint density at radius 3 is 2.23 bits per heavy atom. The van der Waals surface area contributed by atoms with Crippen molar-refractivity contribution in [3.8, 4) is 11.1 Å². The van der Waals surface area contributed by atoms with E-state index < -0.39 is 6.09 Å². The summed E-state index contributed by atoms with van der Waals surface area (Å²) in [5.41, 5.74) is 12.9. The van der Waals surface area contributed by atoms with E-state index in [0.29, 0.717) is 11.4 Å². The fourth-order valence-electron chi connectivity index (χ4n) is 3.53. The summed E-state index contributed by atoms with van der Waals surface area (Å²) < 4.78 is 5.53. The van der Waals surface area contributed by atoms with Gasteiger partial charge >= 0.3 is 6.09 Å². The SMILES string of the molecule is Cc1cccc(NC(=O)OCC2c3ccccc3-c3ccccc32)c1N. The van der Waals surface area contributed by atoms with Gasteiger partial charge in [-0.1, -0.05) is 60.7 Å². The number of aryl methyl sites for hydroxylation is 1. The number of carbonyl (C=O) groups is 1. The largest absolute Gasteiger partial charge is 0.448 e. The first-order valence-corrected chi connectivity index (χ1v) is 8.62. The third-order valence-electron chi connectivity index (χ3n) is 4.90. The van der Waals surface area contributed by atoms with Crippen LogP contribution in [0.4, 0.5) is 16.2 Å². The minimum Gasteiger partial charge on any atom is -0.448 e. The Bertz CT molecular complexity index is 936. The lowest BCUT2D eigenvalue weighted by molar-refractivity contribution is 0.158. The van der Waals surface area contributed by atoms with Crippen LogP contribution in [0.15, 0.2) is 66.7 Å². The molecular weight excluding hydrogens is 324 g/mol. The van der Waals surface area contributed by atoms with Crippen molar-refractivity contribution in [3.05, 3.63) is 83.4 Å². The molecule has 130 valence electrons. The van der Waals surface area contributed by atoms with Crippen LogP contribution in [0.5, 0.6) is 0 Å². The summed E-state index contributed by atoms with van der Waals surface area (Å²) in [5.74, 6) is 0.0445. The van der Waals surface area contributed by atoms with Crippen molar-refractivity contribution < 1.29 is 9.53 Å². The average Bonchev–Trinajstić information content (AvgIpc) is 2.98. The third kappa shape index (κ3) is 2.80. The van der Waals surface area contributed by atoms with Crippen LogP contribution >= 0.6 is 0 Å². The van der Waals surface area contributed by atoms with E-state index >= 15 is 0 Å². The monoisotopic (exact) mass is 344 g/mol. The highest BCUT2D eigenvalue weighted by atomic mass is 16.5. The highest BCUT2D eigenvalue weighted by molar-refractivity contribution is 5.89. The van der Waals surface area contributed by atoms with Crippen molar-refractivity contribution in [1.29, 1.82) is 0 Å². The van der Waals surface area contributed by atoms with Crippen LogP contribution in [-0.2, 0) is 4.74 Å². The smallest absolute Gasteiger partial charge is 0.411 e. The zero-order chi connectivity index (χ0) is 18.1. The predicted molar refractivity (Wildman–Crippen MR) is 104 cm³/mol. The normalized spacial score (nSPS) is 12.3. The van der Waals surface area contributed by atoms with Crippen LogP contribution in [0.3, 0.4) is 0 Å². The molecule has 0 spiro atoms. The molecule has 3 aromatic carbocycles.